The van der Waals surface area contributed by atoms with E-state index in [1.165, 1.54) is 12.1 Å². The third-order valence-corrected chi connectivity index (χ3v) is 3.26. The second kappa shape index (κ2) is 7.97. The van der Waals surface area contributed by atoms with Gasteiger partial charge >= 0.3 is 5.97 Å². The number of carboxylic acid groups (broad SMARTS) is 1. The highest BCUT2D eigenvalue weighted by Crippen LogP contribution is 2.24. The molecule has 1 aromatic carbocycles. The number of aliphatic carboxylic acids is 1. The molecule has 0 heterocycles. The van der Waals surface area contributed by atoms with Crippen molar-refractivity contribution in [3.8, 4) is 0 Å². The quantitative estimate of drug-likeness (QED) is 0.794. The average Bonchev–Trinajstić information content (AvgIpc) is 2.38. The molecule has 0 aliphatic carbocycles. The van der Waals surface area contributed by atoms with Gasteiger partial charge in [0.1, 0.15) is 5.82 Å². The van der Waals surface area contributed by atoms with Gasteiger partial charge in [0.05, 0.1) is 6.54 Å². The van der Waals surface area contributed by atoms with Gasteiger partial charge in [0.25, 0.3) is 0 Å². The fourth-order valence-corrected chi connectivity index (χ4v) is 2.24. The number of rotatable bonds is 8. The van der Waals surface area contributed by atoms with E-state index in [2.05, 4.69) is 0 Å². The van der Waals surface area contributed by atoms with Crippen LogP contribution in [-0.2, 0) is 4.79 Å². The van der Waals surface area contributed by atoms with Gasteiger partial charge in [0.15, 0.2) is 0 Å². The van der Waals surface area contributed by atoms with Crippen molar-refractivity contribution in [3.63, 3.8) is 0 Å². The molecule has 0 spiro atoms. The summed E-state index contributed by atoms with van der Waals surface area (Å²) in [7, 11) is 3.91. The van der Waals surface area contributed by atoms with Crippen LogP contribution in [0.5, 0.6) is 0 Å². The SMILES string of the molecule is CCC(c1ccc(F)cc1)N(CCN(C)C)CC(=O)O. The molecule has 0 aliphatic rings. The van der Waals surface area contributed by atoms with Gasteiger partial charge in [-0.1, -0.05) is 19.1 Å². The molecule has 0 aliphatic heterocycles. The monoisotopic (exact) mass is 282 g/mol. The summed E-state index contributed by atoms with van der Waals surface area (Å²) in [4.78, 5) is 15.0. The molecule has 4 nitrogen and oxygen atoms in total. The summed E-state index contributed by atoms with van der Waals surface area (Å²) in [6.45, 7) is 3.45. The minimum Gasteiger partial charge on any atom is -0.480 e. The largest absolute Gasteiger partial charge is 0.480 e. The average molecular weight is 282 g/mol. The molecule has 0 amide bonds. The van der Waals surface area contributed by atoms with E-state index in [-0.39, 0.29) is 18.4 Å². The normalized spacial score (nSPS) is 12.9. The van der Waals surface area contributed by atoms with E-state index >= 15 is 0 Å². The highest BCUT2D eigenvalue weighted by atomic mass is 19.1. The zero-order valence-corrected chi connectivity index (χ0v) is 12.3. The third kappa shape index (κ3) is 5.27. The van der Waals surface area contributed by atoms with Gasteiger partial charge in [-0.15, -0.1) is 0 Å². The standard InChI is InChI=1S/C15H23FN2O2/c1-4-14(12-5-7-13(16)8-6-12)18(11-15(19)20)10-9-17(2)3/h5-8,14H,4,9-11H2,1-3H3,(H,19,20). The Bertz CT molecular complexity index is 420. The van der Waals surface area contributed by atoms with Gasteiger partial charge in [0, 0.05) is 19.1 Å². The maximum atomic E-state index is 13.0. The Kier molecular flexibility index (Phi) is 6.61. The first-order valence-corrected chi connectivity index (χ1v) is 6.80. The predicted molar refractivity (Wildman–Crippen MR) is 77.2 cm³/mol. The van der Waals surface area contributed by atoms with Crippen LogP contribution in [0, 0.1) is 5.82 Å². The van der Waals surface area contributed by atoms with E-state index < -0.39 is 5.97 Å². The smallest absolute Gasteiger partial charge is 0.317 e. The van der Waals surface area contributed by atoms with Crippen LogP contribution in [0.25, 0.3) is 0 Å². The summed E-state index contributed by atoms with van der Waals surface area (Å²) in [5.74, 6) is -1.12. The highest BCUT2D eigenvalue weighted by molar-refractivity contribution is 5.69. The lowest BCUT2D eigenvalue weighted by molar-refractivity contribution is -0.139. The molecular formula is C15H23FN2O2. The number of carbonyl (C=O) groups is 1. The molecule has 20 heavy (non-hydrogen) atoms. The molecule has 1 N–H and O–H groups in total. The van der Waals surface area contributed by atoms with Crippen molar-refractivity contribution in [1.29, 1.82) is 0 Å². The lowest BCUT2D eigenvalue weighted by atomic mass is 10.0. The fraction of sp³-hybridized carbons (Fsp3) is 0.533. The number of halogens is 1. The summed E-state index contributed by atoms with van der Waals surface area (Å²) in [6.07, 6.45) is 0.784. The van der Waals surface area contributed by atoms with E-state index in [4.69, 9.17) is 5.11 Å². The molecule has 0 saturated carbocycles. The van der Waals surface area contributed by atoms with Crippen molar-refractivity contribution in [2.45, 2.75) is 19.4 Å². The van der Waals surface area contributed by atoms with E-state index in [1.54, 1.807) is 12.1 Å². The van der Waals surface area contributed by atoms with Gasteiger partial charge in [-0.2, -0.15) is 0 Å². The number of benzene rings is 1. The van der Waals surface area contributed by atoms with Gasteiger partial charge < -0.3 is 10.0 Å². The van der Waals surface area contributed by atoms with Crippen molar-refractivity contribution in [1.82, 2.24) is 9.80 Å². The van der Waals surface area contributed by atoms with E-state index in [1.807, 2.05) is 30.8 Å². The van der Waals surface area contributed by atoms with E-state index in [0.29, 0.717) is 6.54 Å². The molecule has 0 saturated heterocycles. The maximum Gasteiger partial charge on any atom is 0.317 e. The molecule has 0 fully saturated rings. The summed E-state index contributed by atoms with van der Waals surface area (Å²) in [5.41, 5.74) is 0.953. The van der Waals surface area contributed by atoms with Crippen LogP contribution >= 0.6 is 0 Å². The van der Waals surface area contributed by atoms with Crippen LogP contribution in [0.4, 0.5) is 4.39 Å². The Morgan fingerprint density at radius 1 is 1.25 bits per heavy atom. The van der Waals surface area contributed by atoms with Crippen molar-refractivity contribution < 1.29 is 14.3 Å². The van der Waals surface area contributed by atoms with Crippen LogP contribution in [0.3, 0.4) is 0 Å². The van der Waals surface area contributed by atoms with Crippen molar-refractivity contribution in [3.05, 3.63) is 35.6 Å². The van der Waals surface area contributed by atoms with Crippen molar-refractivity contribution in [2.24, 2.45) is 0 Å². The molecule has 0 bridgehead atoms. The second-order valence-electron chi connectivity index (χ2n) is 5.14. The predicted octanol–water partition coefficient (Wildman–Crippen LogP) is 2.22. The van der Waals surface area contributed by atoms with Crippen LogP contribution in [0.1, 0.15) is 24.9 Å². The van der Waals surface area contributed by atoms with Gasteiger partial charge in [-0.05, 0) is 38.2 Å². The molecule has 0 aromatic heterocycles. The zero-order chi connectivity index (χ0) is 15.1. The van der Waals surface area contributed by atoms with Crippen LogP contribution in [0.2, 0.25) is 0 Å². The van der Waals surface area contributed by atoms with E-state index in [0.717, 1.165) is 18.5 Å². The first-order valence-electron chi connectivity index (χ1n) is 6.80. The van der Waals surface area contributed by atoms with Crippen LogP contribution in [0.15, 0.2) is 24.3 Å². The zero-order valence-electron chi connectivity index (χ0n) is 12.3. The van der Waals surface area contributed by atoms with Gasteiger partial charge in [-0.3, -0.25) is 9.69 Å². The fourth-order valence-electron chi connectivity index (χ4n) is 2.24. The van der Waals surface area contributed by atoms with E-state index in [9.17, 15) is 9.18 Å². The Labute approximate surface area is 119 Å². The number of hydrogen-bond acceptors (Lipinski definition) is 3. The molecule has 1 atom stereocenters. The van der Waals surface area contributed by atoms with Gasteiger partial charge in [0.2, 0.25) is 0 Å². The minimum atomic E-state index is -0.843. The number of likely N-dealkylation sites (N-methyl/N-ethyl adjacent to an activating group) is 1. The summed E-state index contributed by atoms with van der Waals surface area (Å²) < 4.78 is 13.0. The third-order valence-electron chi connectivity index (χ3n) is 3.26. The first kappa shape index (κ1) is 16.6. The molecule has 112 valence electrons. The summed E-state index contributed by atoms with van der Waals surface area (Å²) >= 11 is 0. The summed E-state index contributed by atoms with van der Waals surface area (Å²) in [6, 6.07) is 6.29. The molecule has 5 heteroatoms. The van der Waals surface area contributed by atoms with Crippen LogP contribution < -0.4 is 0 Å². The Morgan fingerprint density at radius 3 is 2.30 bits per heavy atom. The molecule has 1 unspecified atom stereocenters. The summed E-state index contributed by atoms with van der Waals surface area (Å²) in [5, 5.41) is 9.07. The minimum absolute atomic E-state index is 0.00773. The lowest BCUT2D eigenvalue weighted by Crippen LogP contribution is -2.38. The lowest BCUT2D eigenvalue weighted by Gasteiger charge is -2.31. The Hall–Kier alpha value is -1.46. The number of hydrogen-bond donors (Lipinski definition) is 1. The first-order chi connectivity index (χ1) is 9.43. The van der Waals surface area contributed by atoms with Crippen molar-refractivity contribution in [2.75, 3.05) is 33.7 Å². The van der Waals surface area contributed by atoms with Crippen molar-refractivity contribution >= 4 is 5.97 Å². The van der Waals surface area contributed by atoms with Gasteiger partial charge in [-0.25, -0.2) is 4.39 Å². The number of carboxylic acids is 1. The second-order valence-corrected chi connectivity index (χ2v) is 5.14. The molecule has 1 aromatic rings. The molecular weight excluding hydrogens is 259 g/mol. The Balaban J connectivity index is 2.88. The van der Waals surface area contributed by atoms with Crippen LogP contribution in [-0.4, -0.2) is 54.6 Å². The topological polar surface area (TPSA) is 43.8 Å². The molecule has 0 radical (unpaired) electrons. The number of nitrogens with zero attached hydrogens (tertiary/aromatic N) is 2. The molecule has 1 rings (SSSR count). The highest BCUT2D eigenvalue weighted by Gasteiger charge is 2.21. The maximum absolute atomic E-state index is 13.0. The Morgan fingerprint density at radius 2 is 1.85 bits per heavy atom.